The van der Waals surface area contributed by atoms with Crippen LogP contribution in [0.5, 0.6) is 0 Å². The van der Waals surface area contributed by atoms with E-state index in [9.17, 15) is 4.79 Å². The minimum Gasteiger partial charge on any atom is -0.319 e. The fourth-order valence-electron chi connectivity index (χ4n) is 2.69. The molecule has 132 valence electrons. The predicted molar refractivity (Wildman–Crippen MR) is 112 cm³/mol. The number of halogens is 1. The summed E-state index contributed by atoms with van der Waals surface area (Å²) in [5, 5.41) is 4.50. The average Bonchev–Trinajstić information content (AvgIpc) is 2.70. The van der Waals surface area contributed by atoms with E-state index < -0.39 is 0 Å². The summed E-state index contributed by atoms with van der Waals surface area (Å²) in [6, 6.07) is 24.6. The highest BCUT2D eigenvalue weighted by Gasteiger charge is 2.14. The Morgan fingerprint density at radius 3 is 2.41 bits per heavy atom. The van der Waals surface area contributed by atoms with Crippen molar-refractivity contribution in [1.29, 1.82) is 0 Å². The maximum atomic E-state index is 12.7. The largest absolute Gasteiger partial charge is 0.319 e. The number of benzene rings is 3. The molecule has 5 nitrogen and oxygen atoms in total. The van der Waals surface area contributed by atoms with Gasteiger partial charge in [0.1, 0.15) is 5.71 Å². The van der Waals surface area contributed by atoms with Gasteiger partial charge in [0, 0.05) is 10.0 Å². The third-order valence-electron chi connectivity index (χ3n) is 4.01. The standard InChI is InChI=1S/C21H15BrN4O/c22-15-10-12-16(13-11-15)25-26-19(14-6-2-1-3-7-14)20-21(27)24-18-9-5-4-8-17(18)23-20/h1-13,25H,(H,24,27)/b26-19+. The van der Waals surface area contributed by atoms with E-state index in [2.05, 4.69) is 36.4 Å². The van der Waals surface area contributed by atoms with E-state index in [1.165, 1.54) is 0 Å². The number of nitrogens with zero attached hydrogens (tertiary/aromatic N) is 2. The second-order valence-electron chi connectivity index (χ2n) is 5.88. The Morgan fingerprint density at radius 1 is 0.926 bits per heavy atom. The molecule has 0 aliphatic carbocycles. The summed E-state index contributed by atoms with van der Waals surface area (Å²) < 4.78 is 0.980. The van der Waals surface area contributed by atoms with Crippen molar-refractivity contribution in [2.45, 2.75) is 0 Å². The number of hydrogen-bond acceptors (Lipinski definition) is 4. The summed E-state index contributed by atoms with van der Waals surface area (Å²) in [5.41, 5.74) is 6.49. The Hall–Kier alpha value is -3.25. The predicted octanol–water partition coefficient (Wildman–Crippen LogP) is 4.55. The summed E-state index contributed by atoms with van der Waals surface area (Å²) in [6.07, 6.45) is 0. The topological polar surface area (TPSA) is 70.1 Å². The first-order valence-electron chi connectivity index (χ1n) is 8.35. The fraction of sp³-hybridized carbons (Fsp3) is 0. The Labute approximate surface area is 163 Å². The monoisotopic (exact) mass is 418 g/mol. The van der Waals surface area contributed by atoms with E-state index in [1.807, 2.05) is 78.9 Å². The second kappa shape index (κ2) is 7.55. The Morgan fingerprint density at radius 2 is 1.63 bits per heavy atom. The highest BCUT2D eigenvalue weighted by molar-refractivity contribution is 9.10. The average molecular weight is 419 g/mol. The summed E-state index contributed by atoms with van der Waals surface area (Å²) in [4.78, 5) is 20.1. The molecule has 1 heterocycles. The minimum atomic E-state index is -0.283. The molecular formula is C21H15BrN4O. The lowest BCUT2D eigenvalue weighted by Gasteiger charge is -2.08. The molecule has 0 radical (unpaired) electrons. The van der Waals surface area contributed by atoms with Crippen molar-refractivity contribution >= 4 is 38.4 Å². The van der Waals surface area contributed by atoms with Crippen molar-refractivity contribution in [1.82, 2.24) is 9.97 Å². The van der Waals surface area contributed by atoms with Crippen LogP contribution in [0.2, 0.25) is 0 Å². The summed E-state index contributed by atoms with van der Waals surface area (Å²) >= 11 is 3.41. The third kappa shape index (κ3) is 3.80. The van der Waals surface area contributed by atoms with Gasteiger partial charge >= 0.3 is 0 Å². The summed E-state index contributed by atoms with van der Waals surface area (Å²) in [5.74, 6) is 0. The lowest BCUT2D eigenvalue weighted by Crippen LogP contribution is -2.22. The van der Waals surface area contributed by atoms with Crippen LogP contribution < -0.4 is 11.0 Å². The van der Waals surface area contributed by atoms with Crippen LogP contribution in [0, 0.1) is 0 Å². The van der Waals surface area contributed by atoms with Crippen molar-refractivity contribution in [3.63, 3.8) is 0 Å². The molecule has 27 heavy (non-hydrogen) atoms. The maximum Gasteiger partial charge on any atom is 0.276 e. The van der Waals surface area contributed by atoms with Gasteiger partial charge in [-0.2, -0.15) is 5.10 Å². The Balaban J connectivity index is 1.83. The van der Waals surface area contributed by atoms with Crippen LogP contribution in [0.4, 0.5) is 5.69 Å². The number of hydrazone groups is 1. The number of para-hydroxylation sites is 2. The molecule has 0 saturated carbocycles. The molecule has 0 amide bonds. The van der Waals surface area contributed by atoms with Gasteiger partial charge in [-0.3, -0.25) is 10.2 Å². The van der Waals surface area contributed by atoms with Gasteiger partial charge in [-0.25, -0.2) is 4.98 Å². The summed E-state index contributed by atoms with van der Waals surface area (Å²) in [7, 11) is 0. The van der Waals surface area contributed by atoms with Gasteiger partial charge in [0.05, 0.1) is 16.7 Å². The van der Waals surface area contributed by atoms with Gasteiger partial charge in [0.15, 0.2) is 5.69 Å². The van der Waals surface area contributed by atoms with Crippen LogP contribution in [0.15, 0.2) is 93.2 Å². The summed E-state index contributed by atoms with van der Waals surface area (Å²) in [6.45, 7) is 0. The Bertz CT molecular complexity index is 1170. The van der Waals surface area contributed by atoms with Gasteiger partial charge in [-0.15, -0.1) is 0 Å². The van der Waals surface area contributed by atoms with Crippen molar-refractivity contribution in [2.24, 2.45) is 5.10 Å². The first-order valence-corrected chi connectivity index (χ1v) is 9.14. The maximum absolute atomic E-state index is 12.7. The van der Waals surface area contributed by atoms with Gasteiger partial charge in [-0.1, -0.05) is 58.4 Å². The molecule has 0 atom stereocenters. The van der Waals surface area contributed by atoms with Crippen LogP contribution in [0.3, 0.4) is 0 Å². The number of fused-ring (bicyclic) bond motifs is 1. The van der Waals surface area contributed by atoms with Crippen LogP contribution >= 0.6 is 15.9 Å². The molecule has 6 heteroatoms. The molecule has 2 N–H and O–H groups in total. The van der Waals surface area contributed by atoms with Crippen molar-refractivity contribution in [3.8, 4) is 0 Å². The molecule has 0 unspecified atom stereocenters. The lowest BCUT2D eigenvalue weighted by atomic mass is 10.1. The zero-order valence-electron chi connectivity index (χ0n) is 14.2. The fourth-order valence-corrected chi connectivity index (χ4v) is 2.95. The SMILES string of the molecule is O=c1[nH]c2ccccc2nc1/C(=N/Nc1ccc(Br)cc1)c1ccccc1. The van der Waals surface area contributed by atoms with Gasteiger partial charge < -0.3 is 4.98 Å². The van der Waals surface area contributed by atoms with Crippen molar-refractivity contribution in [3.05, 3.63) is 105 Å². The molecule has 0 bridgehead atoms. The molecular weight excluding hydrogens is 404 g/mol. The quantitative estimate of drug-likeness (QED) is 0.377. The van der Waals surface area contributed by atoms with E-state index >= 15 is 0 Å². The second-order valence-corrected chi connectivity index (χ2v) is 6.79. The lowest BCUT2D eigenvalue weighted by molar-refractivity contribution is 1.18. The van der Waals surface area contributed by atoms with E-state index in [0.717, 1.165) is 15.7 Å². The first kappa shape index (κ1) is 17.2. The molecule has 0 aliphatic heterocycles. The number of hydrogen-bond donors (Lipinski definition) is 2. The normalized spacial score (nSPS) is 11.5. The van der Waals surface area contributed by atoms with E-state index in [-0.39, 0.29) is 11.3 Å². The molecule has 4 aromatic rings. The zero-order valence-corrected chi connectivity index (χ0v) is 15.8. The zero-order chi connectivity index (χ0) is 18.6. The number of anilines is 1. The van der Waals surface area contributed by atoms with Gasteiger partial charge in [-0.05, 0) is 36.4 Å². The number of H-pyrrole nitrogens is 1. The number of aromatic nitrogens is 2. The molecule has 3 aromatic carbocycles. The number of rotatable bonds is 4. The Kier molecular flexibility index (Phi) is 4.80. The highest BCUT2D eigenvalue weighted by Crippen LogP contribution is 2.15. The van der Waals surface area contributed by atoms with Crippen LogP contribution in [0.1, 0.15) is 11.3 Å². The first-order chi connectivity index (χ1) is 13.2. The van der Waals surface area contributed by atoms with Crippen molar-refractivity contribution in [2.75, 3.05) is 5.43 Å². The molecule has 4 rings (SSSR count). The van der Waals surface area contributed by atoms with Crippen LogP contribution in [-0.4, -0.2) is 15.7 Å². The molecule has 0 saturated heterocycles. The third-order valence-corrected chi connectivity index (χ3v) is 4.54. The van der Waals surface area contributed by atoms with Crippen LogP contribution in [0.25, 0.3) is 11.0 Å². The van der Waals surface area contributed by atoms with Crippen LogP contribution in [-0.2, 0) is 0 Å². The van der Waals surface area contributed by atoms with E-state index in [0.29, 0.717) is 16.7 Å². The molecule has 1 aromatic heterocycles. The highest BCUT2D eigenvalue weighted by atomic mass is 79.9. The number of nitrogens with one attached hydrogen (secondary N) is 2. The number of aromatic amines is 1. The van der Waals surface area contributed by atoms with E-state index in [4.69, 9.17) is 0 Å². The molecule has 0 fully saturated rings. The van der Waals surface area contributed by atoms with E-state index in [1.54, 1.807) is 0 Å². The van der Waals surface area contributed by atoms with Gasteiger partial charge in [0.2, 0.25) is 0 Å². The minimum absolute atomic E-state index is 0.268. The van der Waals surface area contributed by atoms with Crippen molar-refractivity contribution < 1.29 is 0 Å². The molecule has 0 spiro atoms. The molecule has 0 aliphatic rings. The smallest absolute Gasteiger partial charge is 0.276 e. The van der Waals surface area contributed by atoms with Gasteiger partial charge in [0.25, 0.3) is 5.56 Å².